The van der Waals surface area contributed by atoms with Crippen molar-refractivity contribution >= 4 is 0 Å². The summed E-state index contributed by atoms with van der Waals surface area (Å²) in [5.41, 5.74) is 3.14. The second-order valence-electron chi connectivity index (χ2n) is 5.94. The average molecular weight is 244 g/mol. The van der Waals surface area contributed by atoms with Crippen LogP contribution in [-0.2, 0) is 6.42 Å². The molecule has 0 bridgehead atoms. The van der Waals surface area contributed by atoms with Crippen LogP contribution in [0.25, 0.3) is 0 Å². The zero-order valence-corrected chi connectivity index (χ0v) is 11.4. The van der Waals surface area contributed by atoms with Crippen molar-refractivity contribution in [1.82, 2.24) is 10.2 Å². The SMILES string of the molecule is CN1CCCC(NCC2Cc3ccccc32)CC1. The Labute approximate surface area is 110 Å². The van der Waals surface area contributed by atoms with E-state index >= 15 is 0 Å². The Balaban J connectivity index is 1.48. The van der Waals surface area contributed by atoms with Crippen molar-refractivity contribution < 1.29 is 0 Å². The lowest BCUT2D eigenvalue weighted by Gasteiger charge is -2.31. The van der Waals surface area contributed by atoms with Crippen molar-refractivity contribution in [2.45, 2.75) is 37.6 Å². The van der Waals surface area contributed by atoms with Crippen LogP contribution in [0.3, 0.4) is 0 Å². The van der Waals surface area contributed by atoms with Crippen LogP contribution in [-0.4, -0.2) is 37.6 Å². The van der Waals surface area contributed by atoms with Gasteiger partial charge in [-0.05, 0) is 56.9 Å². The average Bonchev–Trinajstić information content (AvgIpc) is 2.56. The van der Waals surface area contributed by atoms with Crippen LogP contribution in [0.4, 0.5) is 0 Å². The van der Waals surface area contributed by atoms with E-state index in [4.69, 9.17) is 0 Å². The maximum atomic E-state index is 3.80. The van der Waals surface area contributed by atoms with Crippen molar-refractivity contribution in [1.29, 1.82) is 0 Å². The Bertz CT molecular complexity index is 402. The summed E-state index contributed by atoms with van der Waals surface area (Å²) in [5.74, 6) is 0.766. The number of hydrogen-bond donors (Lipinski definition) is 1. The van der Waals surface area contributed by atoms with Gasteiger partial charge in [0, 0.05) is 18.5 Å². The lowest BCUT2D eigenvalue weighted by atomic mass is 9.77. The standard InChI is InChI=1S/C16H24N2/c1-18-9-4-6-15(8-10-18)17-12-14-11-13-5-2-3-7-16(13)14/h2-3,5,7,14-15,17H,4,6,8-12H2,1H3. The van der Waals surface area contributed by atoms with Crippen molar-refractivity contribution in [3.05, 3.63) is 35.4 Å². The molecule has 1 heterocycles. The van der Waals surface area contributed by atoms with E-state index in [0.29, 0.717) is 0 Å². The second kappa shape index (κ2) is 5.41. The van der Waals surface area contributed by atoms with Crippen LogP contribution in [0.5, 0.6) is 0 Å². The number of benzene rings is 1. The van der Waals surface area contributed by atoms with E-state index in [-0.39, 0.29) is 0 Å². The third kappa shape index (κ3) is 2.60. The number of hydrogen-bond acceptors (Lipinski definition) is 2. The van der Waals surface area contributed by atoms with Crippen LogP contribution in [0.2, 0.25) is 0 Å². The summed E-state index contributed by atoms with van der Waals surface area (Å²) in [7, 11) is 2.24. The van der Waals surface area contributed by atoms with Gasteiger partial charge in [-0.3, -0.25) is 0 Å². The van der Waals surface area contributed by atoms with E-state index in [9.17, 15) is 0 Å². The minimum atomic E-state index is 0.739. The molecule has 0 aromatic heterocycles. The predicted octanol–water partition coefficient (Wildman–Crippen LogP) is 2.40. The van der Waals surface area contributed by atoms with Crippen molar-refractivity contribution in [2.24, 2.45) is 0 Å². The fourth-order valence-corrected chi connectivity index (χ4v) is 3.30. The second-order valence-corrected chi connectivity index (χ2v) is 5.94. The molecule has 2 unspecified atom stereocenters. The highest BCUT2D eigenvalue weighted by molar-refractivity contribution is 5.40. The molecule has 2 nitrogen and oxygen atoms in total. The molecule has 2 aliphatic rings. The van der Waals surface area contributed by atoms with E-state index < -0.39 is 0 Å². The van der Waals surface area contributed by atoms with Gasteiger partial charge in [0.05, 0.1) is 0 Å². The van der Waals surface area contributed by atoms with Gasteiger partial charge in [0.2, 0.25) is 0 Å². The molecule has 1 saturated heterocycles. The first-order chi connectivity index (χ1) is 8.83. The number of nitrogens with zero attached hydrogens (tertiary/aromatic N) is 1. The van der Waals surface area contributed by atoms with Gasteiger partial charge >= 0.3 is 0 Å². The number of likely N-dealkylation sites (tertiary alicyclic amines) is 1. The molecule has 0 saturated carbocycles. The minimum absolute atomic E-state index is 0.739. The Hall–Kier alpha value is -0.860. The number of nitrogens with one attached hydrogen (secondary N) is 1. The molecule has 0 spiro atoms. The first kappa shape index (κ1) is 12.2. The van der Waals surface area contributed by atoms with Gasteiger partial charge in [-0.25, -0.2) is 0 Å². The quantitative estimate of drug-likeness (QED) is 0.878. The van der Waals surface area contributed by atoms with Crippen LogP contribution >= 0.6 is 0 Å². The van der Waals surface area contributed by atoms with Crippen LogP contribution in [0.1, 0.15) is 36.3 Å². The van der Waals surface area contributed by atoms with E-state index in [2.05, 4.69) is 41.5 Å². The topological polar surface area (TPSA) is 15.3 Å². The molecular weight excluding hydrogens is 220 g/mol. The molecule has 2 heteroatoms. The Morgan fingerprint density at radius 1 is 1.22 bits per heavy atom. The molecule has 1 aromatic carbocycles. The lowest BCUT2D eigenvalue weighted by molar-refractivity contribution is 0.342. The zero-order valence-electron chi connectivity index (χ0n) is 11.4. The van der Waals surface area contributed by atoms with Crippen LogP contribution < -0.4 is 5.32 Å². The fourth-order valence-electron chi connectivity index (χ4n) is 3.30. The van der Waals surface area contributed by atoms with Crippen molar-refractivity contribution in [3.8, 4) is 0 Å². The smallest absolute Gasteiger partial charge is 0.00799 e. The molecule has 0 amide bonds. The van der Waals surface area contributed by atoms with Gasteiger partial charge in [-0.1, -0.05) is 24.3 Å². The number of fused-ring (bicyclic) bond motifs is 1. The van der Waals surface area contributed by atoms with E-state index in [1.54, 1.807) is 11.1 Å². The molecule has 1 N–H and O–H groups in total. The summed E-state index contributed by atoms with van der Waals surface area (Å²) in [6, 6.07) is 9.64. The minimum Gasteiger partial charge on any atom is -0.313 e. The molecular formula is C16H24N2. The van der Waals surface area contributed by atoms with E-state index in [1.807, 2.05) is 0 Å². The molecule has 98 valence electrons. The first-order valence-electron chi connectivity index (χ1n) is 7.32. The lowest BCUT2D eigenvalue weighted by Crippen LogP contribution is -2.36. The van der Waals surface area contributed by atoms with Gasteiger partial charge in [0.1, 0.15) is 0 Å². The summed E-state index contributed by atoms with van der Waals surface area (Å²) in [4.78, 5) is 2.46. The maximum absolute atomic E-state index is 3.80. The van der Waals surface area contributed by atoms with Gasteiger partial charge in [0.25, 0.3) is 0 Å². The van der Waals surface area contributed by atoms with E-state index in [1.165, 1.54) is 45.3 Å². The molecule has 2 atom stereocenters. The molecule has 1 aliphatic heterocycles. The molecule has 1 aliphatic carbocycles. The third-order valence-electron chi connectivity index (χ3n) is 4.57. The first-order valence-corrected chi connectivity index (χ1v) is 7.32. The van der Waals surface area contributed by atoms with Crippen molar-refractivity contribution in [2.75, 3.05) is 26.7 Å². The van der Waals surface area contributed by atoms with Crippen LogP contribution in [0, 0.1) is 0 Å². The summed E-state index contributed by atoms with van der Waals surface area (Å²) in [6.45, 7) is 3.69. The Morgan fingerprint density at radius 2 is 2.11 bits per heavy atom. The number of rotatable bonds is 3. The molecule has 1 fully saturated rings. The third-order valence-corrected chi connectivity index (χ3v) is 4.57. The molecule has 18 heavy (non-hydrogen) atoms. The van der Waals surface area contributed by atoms with E-state index in [0.717, 1.165) is 12.0 Å². The zero-order chi connectivity index (χ0) is 12.4. The highest BCUT2D eigenvalue weighted by Gasteiger charge is 2.26. The van der Waals surface area contributed by atoms with Gasteiger partial charge in [-0.2, -0.15) is 0 Å². The summed E-state index contributed by atoms with van der Waals surface area (Å²) < 4.78 is 0. The monoisotopic (exact) mass is 244 g/mol. The summed E-state index contributed by atoms with van der Waals surface area (Å²) in [6.07, 6.45) is 5.27. The highest BCUT2D eigenvalue weighted by atomic mass is 15.1. The van der Waals surface area contributed by atoms with Crippen molar-refractivity contribution in [3.63, 3.8) is 0 Å². The van der Waals surface area contributed by atoms with Crippen LogP contribution in [0.15, 0.2) is 24.3 Å². The summed E-state index contributed by atoms with van der Waals surface area (Å²) >= 11 is 0. The predicted molar refractivity (Wildman–Crippen MR) is 76.0 cm³/mol. The fraction of sp³-hybridized carbons (Fsp3) is 0.625. The summed E-state index contributed by atoms with van der Waals surface area (Å²) in [5, 5.41) is 3.80. The highest BCUT2D eigenvalue weighted by Crippen LogP contribution is 2.34. The molecule has 3 rings (SSSR count). The van der Waals surface area contributed by atoms with Gasteiger partial charge in [0.15, 0.2) is 0 Å². The Morgan fingerprint density at radius 3 is 3.00 bits per heavy atom. The largest absolute Gasteiger partial charge is 0.313 e. The normalized spacial score (nSPS) is 28.3. The van der Waals surface area contributed by atoms with Gasteiger partial charge in [-0.15, -0.1) is 0 Å². The maximum Gasteiger partial charge on any atom is 0.00799 e. The van der Waals surface area contributed by atoms with Gasteiger partial charge < -0.3 is 10.2 Å². The molecule has 1 aromatic rings. The Kier molecular flexibility index (Phi) is 3.67. The molecule has 0 radical (unpaired) electrons.